The van der Waals surface area contributed by atoms with Gasteiger partial charge in [-0.25, -0.2) is 0 Å². The number of nitrogens with one attached hydrogen (secondary N) is 1. The van der Waals surface area contributed by atoms with E-state index in [1.165, 1.54) is 26.8 Å². The molecule has 14 heavy (non-hydrogen) atoms. The van der Waals surface area contributed by atoms with Crippen molar-refractivity contribution in [2.75, 3.05) is 11.9 Å². The fraction of sp³-hybridized carbons (Fsp3) is 0.500. The maximum Gasteiger partial charge on any atom is 0.0511 e. The highest BCUT2D eigenvalue weighted by Gasteiger charge is 2.18. The van der Waals surface area contributed by atoms with Gasteiger partial charge in [-0.2, -0.15) is 0 Å². The number of halogens is 1. The van der Waals surface area contributed by atoms with Crippen molar-refractivity contribution in [3.05, 3.63) is 26.8 Å². The Hall–Kier alpha value is -0.250. The van der Waals surface area contributed by atoms with Gasteiger partial charge in [-0.1, -0.05) is 19.9 Å². The second-order valence-electron chi connectivity index (χ2n) is 4.01. The highest BCUT2D eigenvalue weighted by molar-refractivity contribution is 14.1. The number of aryl methyl sites for hydroxylation is 1. The first-order chi connectivity index (χ1) is 6.72. The smallest absolute Gasteiger partial charge is 0.0511 e. The van der Waals surface area contributed by atoms with Crippen LogP contribution in [0.5, 0.6) is 0 Å². The minimum Gasteiger partial charge on any atom is -0.384 e. The molecule has 0 aliphatic carbocycles. The molecule has 0 aromatic heterocycles. The fourth-order valence-electron chi connectivity index (χ4n) is 2.03. The largest absolute Gasteiger partial charge is 0.384 e. The van der Waals surface area contributed by atoms with Crippen molar-refractivity contribution in [1.29, 1.82) is 0 Å². The number of hydrogen-bond donors (Lipinski definition) is 1. The van der Waals surface area contributed by atoms with Gasteiger partial charge in [-0.05, 0) is 58.5 Å². The Morgan fingerprint density at radius 1 is 1.50 bits per heavy atom. The molecular formula is C12H16IN. The van der Waals surface area contributed by atoms with Gasteiger partial charge >= 0.3 is 0 Å². The molecule has 0 saturated carbocycles. The Labute approximate surface area is 99.4 Å². The summed E-state index contributed by atoms with van der Waals surface area (Å²) < 4.78 is 1.38. The molecule has 1 aromatic rings. The van der Waals surface area contributed by atoms with Gasteiger partial charge in [0.2, 0.25) is 0 Å². The molecular weight excluding hydrogens is 285 g/mol. The highest BCUT2D eigenvalue weighted by atomic mass is 127. The third-order valence-corrected chi connectivity index (χ3v) is 3.85. The van der Waals surface area contributed by atoms with Crippen LogP contribution in [-0.4, -0.2) is 6.54 Å². The van der Waals surface area contributed by atoms with Crippen LogP contribution in [0.3, 0.4) is 0 Å². The Bertz CT molecular complexity index is 346. The molecule has 0 radical (unpaired) electrons. The lowest BCUT2D eigenvalue weighted by atomic mass is 9.91. The molecule has 0 fully saturated rings. The standard InChI is InChI=1S/C12H16IN/c1-3-9-6-10-8(2)4-5-14-12(10)11(13)7-9/h6-8,14H,3-5H2,1-2H3. The van der Waals surface area contributed by atoms with Crippen molar-refractivity contribution in [3.8, 4) is 0 Å². The minimum absolute atomic E-state index is 0.714. The maximum absolute atomic E-state index is 3.51. The number of fused-ring (bicyclic) bond motifs is 1. The Kier molecular flexibility index (Phi) is 3.00. The molecule has 76 valence electrons. The predicted octanol–water partition coefficient (Wildman–Crippen LogP) is 3.77. The van der Waals surface area contributed by atoms with Gasteiger partial charge in [-0.15, -0.1) is 0 Å². The summed E-state index contributed by atoms with van der Waals surface area (Å²) in [7, 11) is 0. The number of hydrogen-bond acceptors (Lipinski definition) is 1. The van der Waals surface area contributed by atoms with Gasteiger partial charge in [0.15, 0.2) is 0 Å². The fourth-order valence-corrected chi connectivity index (χ4v) is 2.94. The van der Waals surface area contributed by atoms with E-state index < -0.39 is 0 Å². The van der Waals surface area contributed by atoms with Crippen LogP contribution in [0.1, 0.15) is 37.3 Å². The van der Waals surface area contributed by atoms with E-state index in [-0.39, 0.29) is 0 Å². The van der Waals surface area contributed by atoms with Crippen molar-refractivity contribution >= 4 is 28.3 Å². The van der Waals surface area contributed by atoms with Crippen LogP contribution in [0.25, 0.3) is 0 Å². The monoisotopic (exact) mass is 301 g/mol. The molecule has 2 rings (SSSR count). The molecule has 1 N–H and O–H groups in total. The van der Waals surface area contributed by atoms with E-state index in [4.69, 9.17) is 0 Å². The maximum atomic E-state index is 3.51. The Morgan fingerprint density at radius 2 is 2.29 bits per heavy atom. The van der Waals surface area contributed by atoms with Crippen LogP contribution in [0.2, 0.25) is 0 Å². The summed E-state index contributed by atoms with van der Waals surface area (Å²) in [5.41, 5.74) is 4.35. The molecule has 1 heterocycles. The Balaban J connectivity index is 2.51. The van der Waals surface area contributed by atoms with E-state index in [0.717, 1.165) is 13.0 Å². The lowest BCUT2D eigenvalue weighted by Crippen LogP contribution is -2.16. The topological polar surface area (TPSA) is 12.0 Å². The summed E-state index contributed by atoms with van der Waals surface area (Å²) in [5, 5.41) is 3.51. The van der Waals surface area contributed by atoms with Crippen molar-refractivity contribution in [3.63, 3.8) is 0 Å². The Morgan fingerprint density at radius 3 is 3.00 bits per heavy atom. The zero-order valence-electron chi connectivity index (χ0n) is 8.73. The van der Waals surface area contributed by atoms with Crippen LogP contribution >= 0.6 is 22.6 Å². The third kappa shape index (κ3) is 1.76. The lowest BCUT2D eigenvalue weighted by Gasteiger charge is -2.25. The second kappa shape index (κ2) is 4.09. The van der Waals surface area contributed by atoms with Crippen LogP contribution in [0.15, 0.2) is 12.1 Å². The summed E-state index contributed by atoms with van der Waals surface area (Å²) in [6, 6.07) is 4.67. The molecule has 1 aliphatic heterocycles. The lowest BCUT2D eigenvalue weighted by molar-refractivity contribution is 0.681. The summed E-state index contributed by atoms with van der Waals surface area (Å²) >= 11 is 2.44. The molecule has 1 aliphatic rings. The van der Waals surface area contributed by atoms with Gasteiger partial charge in [0.05, 0.1) is 5.69 Å². The van der Waals surface area contributed by atoms with E-state index in [1.807, 2.05) is 0 Å². The SMILES string of the molecule is CCc1cc(I)c2c(c1)C(C)CCN2. The zero-order chi connectivity index (χ0) is 10.1. The first kappa shape index (κ1) is 10.3. The van der Waals surface area contributed by atoms with Crippen molar-refractivity contribution in [2.45, 2.75) is 32.6 Å². The summed E-state index contributed by atoms with van der Waals surface area (Å²) in [4.78, 5) is 0. The first-order valence-electron chi connectivity index (χ1n) is 5.28. The molecule has 0 spiro atoms. The van der Waals surface area contributed by atoms with E-state index in [0.29, 0.717) is 5.92 Å². The van der Waals surface area contributed by atoms with E-state index in [9.17, 15) is 0 Å². The number of benzene rings is 1. The molecule has 1 aromatic carbocycles. The normalized spacial score (nSPS) is 20.1. The van der Waals surface area contributed by atoms with Crippen LogP contribution in [0, 0.1) is 3.57 Å². The molecule has 0 amide bonds. The number of anilines is 1. The van der Waals surface area contributed by atoms with Crippen LogP contribution in [-0.2, 0) is 6.42 Å². The average Bonchev–Trinajstić information content (AvgIpc) is 2.19. The van der Waals surface area contributed by atoms with Gasteiger partial charge in [0, 0.05) is 10.1 Å². The van der Waals surface area contributed by atoms with E-state index in [2.05, 4.69) is 53.9 Å². The molecule has 1 unspecified atom stereocenters. The summed E-state index contributed by atoms with van der Waals surface area (Å²) in [5.74, 6) is 0.714. The van der Waals surface area contributed by atoms with Crippen molar-refractivity contribution < 1.29 is 0 Å². The summed E-state index contributed by atoms with van der Waals surface area (Å²) in [6.07, 6.45) is 2.40. The predicted molar refractivity (Wildman–Crippen MR) is 70.1 cm³/mol. The molecule has 0 bridgehead atoms. The van der Waals surface area contributed by atoms with Gasteiger partial charge < -0.3 is 5.32 Å². The van der Waals surface area contributed by atoms with Gasteiger partial charge in [0.1, 0.15) is 0 Å². The third-order valence-electron chi connectivity index (χ3n) is 3.00. The van der Waals surface area contributed by atoms with Crippen LogP contribution < -0.4 is 5.32 Å². The van der Waals surface area contributed by atoms with Gasteiger partial charge in [-0.3, -0.25) is 0 Å². The molecule has 1 atom stereocenters. The van der Waals surface area contributed by atoms with Gasteiger partial charge in [0.25, 0.3) is 0 Å². The van der Waals surface area contributed by atoms with Crippen molar-refractivity contribution in [1.82, 2.24) is 0 Å². The average molecular weight is 301 g/mol. The molecule has 1 nitrogen and oxygen atoms in total. The van der Waals surface area contributed by atoms with Crippen LogP contribution in [0.4, 0.5) is 5.69 Å². The highest BCUT2D eigenvalue weighted by Crippen LogP contribution is 2.35. The molecule has 2 heteroatoms. The molecule has 0 saturated heterocycles. The van der Waals surface area contributed by atoms with Crippen molar-refractivity contribution in [2.24, 2.45) is 0 Å². The second-order valence-corrected chi connectivity index (χ2v) is 5.17. The zero-order valence-corrected chi connectivity index (χ0v) is 10.9. The van der Waals surface area contributed by atoms with E-state index >= 15 is 0 Å². The first-order valence-corrected chi connectivity index (χ1v) is 6.36. The minimum atomic E-state index is 0.714. The quantitative estimate of drug-likeness (QED) is 0.779. The summed E-state index contributed by atoms with van der Waals surface area (Å²) in [6.45, 7) is 5.67. The number of rotatable bonds is 1. The van der Waals surface area contributed by atoms with E-state index in [1.54, 1.807) is 0 Å².